The fourth-order valence-electron chi connectivity index (χ4n) is 2.58. The maximum Gasteiger partial charge on any atom is 0.234 e. The van der Waals surface area contributed by atoms with E-state index in [1.54, 1.807) is 7.11 Å². The minimum atomic E-state index is 0.0118. The Balaban J connectivity index is 1.63. The number of nitrogens with zero attached hydrogens (tertiary/aromatic N) is 1. The number of nitrogens with one attached hydrogen (secondary N) is 1. The molecule has 5 heteroatoms. The van der Waals surface area contributed by atoms with Gasteiger partial charge in [-0.25, -0.2) is 0 Å². The monoisotopic (exact) mass is 356 g/mol. The first-order valence-electron chi connectivity index (χ1n) is 8.85. The van der Waals surface area contributed by atoms with Crippen LogP contribution in [0.1, 0.15) is 11.1 Å². The Morgan fingerprint density at radius 3 is 2.58 bits per heavy atom. The van der Waals surface area contributed by atoms with Gasteiger partial charge in [0.05, 0.1) is 13.7 Å². The molecule has 2 rings (SSSR count). The molecule has 1 N–H and O–H groups in total. The predicted molar refractivity (Wildman–Crippen MR) is 104 cm³/mol. The van der Waals surface area contributed by atoms with Crippen molar-refractivity contribution in [3.05, 3.63) is 59.7 Å². The van der Waals surface area contributed by atoms with Crippen molar-refractivity contribution in [2.75, 3.05) is 40.4 Å². The summed E-state index contributed by atoms with van der Waals surface area (Å²) in [4.78, 5) is 14.0. The first kappa shape index (κ1) is 19.8. The number of likely N-dealkylation sites (N-methyl/N-ethyl adjacent to an activating group) is 1. The summed E-state index contributed by atoms with van der Waals surface area (Å²) in [5.74, 6) is 1.72. The number of rotatable bonds is 10. The summed E-state index contributed by atoms with van der Waals surface area (Å²) in [5.41, 5.74) is 2.30. The molecular formula is C21H28N2O3. The number of carbonyl (C=O) groups is 1. The molecule has 0 aliphatic heterocycles. The highest BCUT2D eigenvalue weighted by atomic mass is 16.5. The van der Waals surface area contributed by atoms with Crippen LogP contribution in [0, 0.1) is 6.92 Å². The molecule has 0 bridgehead atoms. The van der Waals surface area contributed by atoms with Crippen LogP contribution >= 0.6 is 0 Å². The zero-order valence-electron chi connectivity index (χ0n) is 15.8. The van der Waals surface area contributed by atoms with Crippen LogP contribution in [0.3, 0.4) is 0 Å². The van der Waals surface area contributed by atoms with Crippen molar-refractivity contribution in [2.45, 2.75) is 13.3 Å². The molecule has 0 fully saturated rings. The third-order valence-corrected chi connectivity index (χ3v) is 4.09. The van der Waals surface area contributed by atoms with Gasteiger partial charge in [-0.3, -0.25) is 9.69 Å². The van der Waals surface area contributed by atoms with E-state index in [-0.39, 0.29) is 5.91 Å². The van der Waals surface area contributed by atoms with Gasteiger partial charge in [0, 0.05) is 13.1 Å². The number of carbonyl (C=O) groups excluding carboxylic acids is 1. The smallest absolute Gasteiger partial charge is 0.234 e. The van der Waals surface area contributed by atoms with Crippen molar-refractivity contribution >= 4 is 5.91 Å². The van der Waals surface area contributed by atoms with E-state index in [1.807, 2.05) is 67.4 Å². The van der Waals surface area contributed by atoms with Gasteiger partial charge >= 0.3 is 0 Å². The maximum atomic E-state index is 12.0. The van der Waals surface area contributed by atoms with Gasteiger partial charge in [-0.2, -0.15) is 0 Å². The van der Waals surface area contributed by atoms with E-state index in [9.17, 15) is 4.79 Å². The fourth-order valence-corrected chi connectivity index (χ4v) is 2.58. The lowest BCUT2D eigenvalue weighted by atomic mass is 10.1. The number of aryl methyl sites for hydroxylation is 1. The summed E-state index contributed by atoms with van der Waals surface area (Å²) in [6.45, 7) is 4.22. The number of hydrogen-bond acceptors (Lipinski definition) is 4. The standard InChI is InChI=1S/C21H28N2O3/c1-17-8-10-19(11-9-17)26-15-14-23(2)16-21(24)22-13-12-18-6-4-5-7-20(18)25-3/h4-11H,12-16H2,1-3H3,(H,22,24). The van der Waals surface area contributed by atoms with Crippen LogP contribution in [0.25, 0.3) is 0 Å². The van der Waals surface area contributed by atoms with E-state index in [2.05, 4.69) is 5.32 Å². The first-order valence-corrected chi connectivity index (χ1v) is 8.85. The number of para-hydroxylation sites is 1. The lowest BCUT2D eigenvalue weighted by Crippen LogP contribution is -2.37. The van der Waals surface area contributed by atoms with Crippen LogP contribution in [0.2, 0.25) is 0 Å². The lowest BCUT2D eigenvalue weighted by Gasteiger charge is -2.17. The predicted octanol–water partition coefficient (Wildman–Crippen LogP) is 2.67. The molecule has 0 aromatic heterocycles. The molecule has 2 aromatic rings. The minimum Gasteiger partial charge on any atom is -0.496 e. The number of methoxy groups -OCH3 is 1. The Labute approximate surface area is 155 Å². The Bertz CT molecular complexity index is 686. The molecule has 2 aromatic carbocycles. The zero-order valence-corrected chi connectivity index (χ0v) is 15.8. The highest BCUT2D eigenvalue weighted by Gasteiger charge is 2.07. The Kier molecular flexibility index (Phi) is 7.96. The molecule has 0 spiro atoms. The second-order valence-corrected chi connectivity index (χ2v) is 6.31. The SMILES string of the molecule is COc1ccccc1CCNC(=O)CN(C)CCOc1ccc(C)cc1. The average Bonchev–Trinajstić information content (AvgIpc) is 2.63. The molecule has 0 atom stereocenters. The van der Waals surface area contributed by atoms with Crippen molar-refractivity contribution in [3.8, 4) is 11.5 Å². The molecule has 0 unspecified atom stereocenters. The highest BCUT2D eigenvalue weighted by Crippen LogP contribution is 2.17. The molecule has 0 saturated heterocycles. The van der Waals surface area contributed by atoms with Crippen LogP contribution < -0.4 is 14.8 Å². The van der Waals surface area contributed by atoms with Gasteiger partial charge in [0.25, 0.3) is 0 Å². The number of amides is 1. The number of ether oxygens (including phenoxy) is 2. The van der Waals surface area contributed by atoms with Crippen LogP contribution in [0.15, 0.2) is 48.5 Å². The number of hydrogen-bond donors (Lipinski definition) is 1. The Hall–Kier alpha value is -2.53. The normalized spacial score (nSPS) is 10.6. The maximum absolute atomic E-state index is 12.0. The van der Waals surface area contributed by atoms with Gasteiger partial charge < -0.3 is 14.8 Å². The third kappa shape index (κ3) is 6.76. The Morgan fingerprint density at radius 1 is 1.12 bits per heavy atom. The van der Waals surface area contributed by atoms with Crippen LogP contribution in [-0.4, -0.2) is 51.2 Å². The second kappa shape index (κ2) is 10.5. The fraction of sp³-hybridized carbons (Fsp3) is 0.381. The molecule has 1 amide bonds. The Morgan fingerprint density at radius 2 is 1.85 bits per heavy atom. The largest absolute Gasteiger partial charge is 0.496 e. The van der Waals surface area contributed by atoms with E-state index in [0.717, 1.165) is 23.5 Å². The van der Waals surface area contributed by atoms with Crippen LogP contribution in [-0.2, 0) is 11.2 Å². The molecule has 0 aliphatic carbocycles. The number of benzene rings is 2. The van der Waals surface area contributed by atoms with Crippen molar-refractivity contribution < 1.29 is 14.3 Å². The molecule has 0 radical (unpaired) electrons. The molecule has 140 valence electrons. The van der Waals surface area contributed by atoms with Gasteiger partial charge in [0.2, 0.25) is 5.91 Å². The second-order valence-electron chi connectivity index (χ2n) is 6.31. The van der Waals surface area contributed by atoms with Crippen LogP contribution in [0.4, 0.5) is 0 Å². The third-order valence-electron chi connectivity index (χ3n) is 4.09. The minimum absolute atomic E-state index is 0.0118. The van der Waals surface area contributed by atoms with Crippen molar-refractivity contribution in [3.63, 3.8) is 0 Å². The van der Waals surface area contributed by atoms with E-state index in [0.29, 0.717) is 26.2 Å². The first-order chi connectivity index (χ1) is 12.6. The van der Waals surface area contributed by atoms with Crippen molar-refractivity contribution in [1.82, 2.24) is 10.2 Å². The summed E-state index contributed by atoms with van der Waals surface area (Å²) in [6.07, 6.45) is 0.746. The van der Waals surface area contributed by atoms with E-state index < -0.39 is 0 Å². The molecule has 5 nitrogen and oxygen atoms in total. The molecular weight excluding hydrogens is 328 g/mol. The van der Waals surface area contributed by atoms with Crippen molar-refractivity contribution in [2.24, 2.45) is 0 Å². The summed E-state index contributed by atoms with van der Waals surface area (Å²) < 4.78 is 11.0. The summed E-state index contributed by atoms with van der Waals surface area (Å²) >= 11 is 0. The van der Waals surface area contributed by atoms with Gasteiger partial charge in [-0.05, 0) is 44.2 Å². The molecule has 0 saturated carbocycles. The van der Waals surface area contributed by atoms with E-state index in [1.165, 1.54) is 5.56 Å². The van der Waals surface area contributed by atoms with Gasteiger partial charge in [-0.1, -0.05) is 35.9 Å². The van der Waals surface area contributed by atoms with Gasteiger partial charge in [0.1, 0.15) is 18.1 Å². The van der Waals surface area contributed by atoms with E-state index >= 15 is 0 Å². The van der Waals surface area contributed by atoms with E-state index in [4.69, 9.17) is 9.47 Å². The molecule has 26 heavy (non-hydrogen) atoms. The van der Waals surface area contributed by atoms with Gasteiger partial charge in [0.15, 0.2) is 0 Å². The summed E-state index contributed by atoms with van der Waals surface area (Å²) in [7, 11) is 3.57. The summed E-state index contributed by atoms with van der Waals surface area (Å²) in [5, 5.41) is 2.95. The highest BCUT2D eigenvalue weighted by molar-refractivity contribution is 5.77. The topological polar surface area (TPSA) is 50.8 Å². The summed E-state index contributed by atoms with van der Waals surface area (Å²) in [6, 6.07) is 15.8. The average molecular weight is 356 g/mol. The van der Waals surface area contributed by atoms with Crippen molar-refractivity contribution in [1.29, 1.82) is 0 Å². The molecule has 0 aliphatic rings. The lowest BCUT2D eigenvalue weighted by molar-refractivity contribution is -0.121. The molecule has 0 heterocycles. The quantitative estimate of drug-likeness (QED) is 0.711. The van der Waals surface area contributed by atoms with Crippen LogP contribution in [0.5, 0.6) is 11.5 Å². The zero-order chi connectivity index (χ0) is 18.8. The van der Waals surface area contributed by atoms with Gasteiger partial charge in [-0.15, -0.1) is 0 Å².